The summed E-state index contributed by atoms with van der Waals surface area (Å²) in [4.78, 5) is 11.0. The standard InChI is InChI=1S/C16H16O2/c1-12(2)14-8-4-6-10-16(14)18-15-9-5-3-7-13(15)11-17/h3-12H,1-2H3. The maximum atomic E-state index is 11.0. The van der Waals surface area contributed by atoms with Crippen LogP contribution >= 0.6 is 0 Å². The van der Waals surface area contributed by atoms with Crippen molar-refractivity contribution in [1.29, 1.82) is 0 Å². The number of hydrogen-bond acceptors (Lipinski definition) is 2. The molecule has 2 aromatic carbocycles. The first-order valence-corrected chi connectivity index (χ1v) is 6.03. The third-order valence-electron chi connectivity index (χ3n) is 2.81. The normalized spacial score (nSPS) is 10.4. The van der Waals surface area contributed by atoms with Gasteiger partial charge in [0.15, 0.2) is 6.29 Å². The van der Waals surface area contributed by atoms with Crippen LogP contribution in [0.5, 0.6) is 11.5 Å². The second-order valence-electron chi connectivity index (χ2n) is 4.45. The molecule has 0 fully saturated rings. The molecule has 0 heterocycles. The van der Waals surface area contributed by atoms with Crippen LogP contribution in [-0.2, 0) is 0 Å². The van der Waals surface area contributed by atoms with Crippen molar-refractivity contribution in [3.8, 4) is 11.5 Å². The lowest BCUT2D eigenvalue weighted by molar-refractivity contribution is 0.112. The Morgan fingerprint density at radius 3 is 2.22 bits per heavy atom. The second kappa shape index (κ2) is 5.50. The highest BCUT2D eigenvalue weighted by Crippen LogP contribution is 2.31. The number of para-hydroxylation sites is 2. The molecule has 0 aliphatic rings. The lowest BCUT2D eigenvalue weighted by Gasteiger charge is -2.14. The highest BCUT2D eigenvalue weighted by molar-refractivity contribution is 5.79. The zero-order valence-corrected chi connectivity index (χ0v) is 10.6. The molecule has 0 aliphatic heterocycles. The monoisotopic (exact) mass is 240 g/mol. The van der Waals surface area contributed by atoms with Crippen LogP contribution in [0.25, 0.3) is 0 Å². The van der Waals surface area contributed by atoms with Gasteiger partial charge in [-0.15, -0.1) is 0 Å². The van der Waals surface area contributed by atoms with Crippen LogP contribution in [0.15, 0.2) is 48.5 Å². The van der Waals surface area contributed by atoms with Crippen molar-refractivity contribution in [2.24, 2.45) is 0 Å². The van der Waals surface area contributed by atoms with Crippen LogP contribution in [-0.4, -0.2) is 6.29 Å². The molecule has 2 heteroatoms. The Bertz CT molecular complexity index is 544. The molecule has 0 N–H and O–H groups in total. The number of carbonyl (C=O) groups is 1. The number of hydrogen-bond donors (Lipinski definition) is 0. The zero-order chi connectivity index (χ0) is 13.0. The lowest BCUT2D eigenvalue weighted by atomic mass is 10.0. The van der Waals surface area contributed by atoms with E-state index in [2.05, 4.69) is 13.8 Å². The maximum absolute atomic E-state index is 11.0. The van der Waals surface area contributed by atoms with Gasteiger partial charge in [0.2, 0.25) is 0 Å². The van der Waals surface area contributed by atoms with Gasteiger partial charge in [-0.25, -0.2) is 0 Å². The SMILES string of the molecule is CC(C)c1ccccc1Oc1ccccc1C=O. The number of aldehydes is 1. The second-order valence-corrected chi connectivity index (χ2v) is 4.45. The van der Waals surface area contributed by atoms with E-state index in [9.17, 15) is 4.79 Å². The Hall–Kier alpha value is -2.09. The predicted octanol–water partition coefficient (Wildman–Crippen LogP) is 4.41. The molecule has 0 amide bonds. The number of rotatable bonds is 4. The fourth-order valence-electron chi connectivity index (χ4n) is 1.84. The molecule has 0 aromatic heterocycles. The highest BCUT2D eigenvalue weighted by Gasteiger charge is 2.09. The number of carbonyl (C=O) groups excluding carboxylic acids is 1. The van der Waals surface area contributed by atoms with Crippen molar-refractivity contribution in [2.45, 2.75) is 19.8 Å². The van der Waals surface area contributed by atoms with Crippen molar-refractivity contribution in [3.05, 3.63) is 59.7 Å². The summed E-state index contributed by atoms with van der Waals surface area (Å²) < 4.78 is 5.86. The summed E-state index contributed by atoms with van der Waals surface area (Å²) in [6, 6.07) is 15.1. The molecule has 0 saturated heterocycles. The summed E-state index contributed by atoms with van der Waals surface area (Å²) in [6.45, 7) is 4.24. The summed E-state index contributed by atoms with van der Waals surface area (Å²) in [6.07, 6.45) is 0.813. The molecule has 18 heavy (non-hydrogen) atoms. The van der Waals surface area contributed by atoms with Crippen LogP contribution < -0.4 is 4.74 Å². The van der Waals surface area contributed by atoms with Gasteiger partial charge in [-0.3, -0.25) is 4.79 Å². The maximum Gasteiger partial charge on any atom is 0.153 e. The molecule has 2 aromatic rings. The quantitative estimate of drug-likeness (QED) is 0.740. The van der Waals surface area contributed by atoms with E-state index in [1.165, 1.54) is 0 Å². The Labute approximate surface area is 107 Å². The topological polar surface area (TPSA) is 26.3 Å². The van der Waals surface area contributed by atoms with E-state index >= 15 is 0 Å². The van der Waals surface area contributed by atoms with Gasteiger partial charge >= 0.3 is 0 Å². The van der Waals surface area contributed by atoms with Gasteiger partial charge in [-0.2, -0.15) is 0 Å². The average molecular weight is 240 g/mol. The molecule has 0 atom stereocenters. The van der Waals surface area contributed by atoms with Gasteiger partial charge in [0.25, 0.3) is 0 Å². The highest BCUT2D eigenvalue weighted by atomic mass is 16.5. The van der Waals surface area contributed by atoms with Crippen molar-refractivity contribution >= 4 is 6.29 Å². The first-order chi connectivity index (χ1) is 8.72. The van der Waals surface area contributed by atoms with Crippen LogP contribution in [0.1, 0.15) is 35.7 Å². The third-order valence-corrected chi connectivity index (χ3v) is 2.81. The van der Waals surface area contributed by atoms with Gasteiger partial charge in [0.1, 0.15) is 11.5 Å². The minimum atomic E-state index is 0.379. The van der Waals surface area contributed by atoms with Crippen molar-refractivity contribution < 1.29 is 9.53 Å². The molecule has 0 saturated carbocycles. The van der Waals surface area contributed by atoms with E-state index in [0.29, 0.717) is 17.2 Å². The van der Waals surface area contributed by atoms with Crippen molar-refractivity contribution in [1.82, 2.24) is 0 Å². The summed E-state index contributed by atoms with van der Waals surface area (Å²) in [5.41, 5.74) is 1.70. The van der Waals surface area contributed by atoms with E-state index in [-0.39, 0.29) is 0 Å². The third kappa shape index (κ3) is 2.59. The Morgan fingerprint density at radius 2 is 1.56 bits per heavy atom. The smallest absolute Gasteiger partial charge is 0.153 e. The zero-order valence-electron chi connectivity index (χ0n) is 10.6. The fourth-order valence-corrected chi connectivity index (χ4v) is 1.84. The van der Waals surface area contributed by atoms with E-state index in [0.717, 1.165) is 17.6 Å². The Balaban J connectivity index is 2.37. The van der Waals surface area contributed by atoms with Gasteiger partial charge in [0, 0.05) is 0 Å². The van der Waals surface area contributed by atoms with E-state index in [4.69, 9.17) is 4.74 Å². The Morgan fingerprint density at radius 1 is 0.944 bits per heavy atom. The average Bonchev–Trinajstić information content (AvgIpc) is 2.40. The van der Waals surface area contributed by atoms with E-state index < -0.39 is 0 Å². The molecular weight excluding hydrogens is 224 g/mol. The Kier molecular flexibility index (Phi) is 3.78. The molecule has 0 unspecified atom stereocenters. The summed E-state index contributed by atoms with van der Waals surface area (Å²) in [5.74, 6) is 1.78. The largest absolute Gasteiger partial charge is 0.456 e. The number of benzene rings is 2. The van der Waals surface area contributed by atoms with Crippen LogP contribution in [0, 0.1) is 0 Å². The molecule has 2 nitrogen and oxygen atoms in total. The molecule has 92 valence electrons. The van der Waals surface area contributed by atoms with Gasteiger partial charge in [0.05, 0.1) is 5.56 Å². The molecule has 0 bridgehead atoms. The first kappa shape index (κ1) is 12.4. The summed E-state index contributed by atoms with van der Waals surface area (Å²) in [7, 11) is 0. The van der Waals surface area contributed by atoms with Gasteiger partial charge in [-0.1, -0.05) is 44.2 Å². The molecule has 0 aliphatic carbocycles. The molecule has 2 rings (SSSR count). The summed E-state index contributed by atoms with van der Waals surface area (Å²) in [5, 5.41) is 0. The van der Waals surface area contributed by atoms with Gasteiger partial charge < -0.3 is 4.74 Å². The van der Waals surface area contributed by atoms with Crippen molar-refractivity contribution in [3.63, 3.8) is 0 Å². The minimum Gasteiger partial charge on any atom is -0.456 e. The van der Waals surface area contributed by atoms with Gasteiger partial charge in [-0.05, 0) is 29.7 Å². The van der Waals surface area contributed by atoms with Crippen LogP contribution in [0.4, 0.5) is 0 Å². The van der Waals surface area contributed by atoms with Crippen molar-refractivity contribution in [2.75, 3.05) is 0 Å². The van der Waals surface area contributed by atoms with E-state index in [1.54, 1.807) is 12.1 Å². The summed E-state index contributed by atoms with van der Waals surface area (Å²) >= 11 is 0. The van der Waals surface area contributed by atoms with Crippen LogP contribution in [0.3, 0.4) is 0 Å². The van der Waals surface area contributed by atoms with E-state index in [1.807, 2.05) is 36.4 Å². The molecule has 0 radical (unpaired) electrons. The first-order valence-electron chi connectivity index (χ1n) is 6.03. The number of ether oxygens (including phenoxy) is 1. The minimum absolute atomic E-state index is 0.379. The lowest BCUT2D eigenvalue weighted by Crippen LogP contribution is -1.95. The molecule has 0 spiro atoms. The predicted molar refractivity (Wildman–Crippen MR) is 72.4 cm³/mol. The molecular formula is C16H16O2. The fraction of sp³-hybridized carbons (Fsp3) is 0.188. The van der Waals surface area contributed by atoms with Crippen LogP contribution in [0.2, 0.25) is 0 Å².